The molecule has 0 fully saturated rings. The summed E-state index contributed by atoms with van der Waals surface area (Å²) in [6.07, 6.45) is 4.65. The fraction of sp³-hybridized carbons (Fsp3) is 0.200. The minimum atomic E-state index is 0.320. The smallest absolute Gasteiger partial charge is 0.102 e. The fourth-order valence-electron chi connectivity index (χ4n) is 4.31. The van der Waals surface area contributed by atoms with E-state index in [0.717, 1.165) is 0 Å². The number of rotatable bonds is 2. The first-order valence-corrected chi connectivity index (χ1v) is 9.84. The van der Waals surface area contributed by atoms with Gasteiger partial charge in [-0.3, -0.25) is 0 Å². The zero-order chi connectivity index (χ0) is 19.4. The van der Waals surface area contributed by atoms with Crippen molar-refractivity contribution in [3.05, 3.63) is 84.2 Å². The summed E-state index contributed by atoms with van der Waals surface area (Å²) in [4.78, 5) is 4.59. The molecule has 0 saturated carbocycles. The Morgan fingerprint density at radius 3 is 2.25 bits per heavy atom. The molecule has 4 aromatic rings. The lowest BCUT2D eigenvalue weighted by Crippen LogP contribution is -2.33. The Morgan fingerprint density at radius 1 is 0.786 bits per heavy atom. The number of aryl methyl sites for hydroxylation is 2. The second-order valence-corrected chi connectivity index (χ2v) is 7.85. The van der Waals surface area contributed by atoms with Crippen LogP contribution in [-0.4, -0.2) is 22.7 Å². The van der Waals surface area contributed by atoms with E-state index in [1.165, 1.54) is 44.3 Å². The molecular weight excluding hydrogens is 342 g/mol. The summed E-state index contributed by atoms with van der Waals surface area (Å²) >= 11 is 0. The summed E-state index contributed by atoms with van der Waals surface area (Å²) in [6, 6.07) is 22.1. The zero-order valence-corrected chi connectivity index (χ0v) is 16.8. The van der Waals surface area contributed by atoms with Crippen LogP contribution < -0.4 is 4.90 Å². The third-order valence-electron chi connectivity index (χ3n) is 5.99. The highest BCUT2D eigenvalue weighted by atomic mass is 15.4. The largest absolute Gasteiger partial charge is 0.359 e. The highest BCUT2D eigenvalue weighted by molar-refractivity contribution is 6.11. The average Bonchev–Trinajstić information content (AvgIpc) is 3.18. The topological polar surface area (TPSA) is 11.4 Å². The lowest BCUT2D eigenvalue weighted by Gasteiger charge is -2.28. The second-order valence-electron chi connectivity index (χ2n) is 7.85. The van der Waals surface area contributed by atoms with Crippen molar-refractivity contribution in [1.29, 1.82) is 0 Å². The Labute approximate surface area is 166 Å². The molecule has 3 aromatic carbocycles. The quantitative estimate of drug-likeness (QED) is 0.432. The molecule has 0 N–H and O–H groups in total. The molecule has 1 aromatic heterocycles. The minimum Gasteiger partial charge on any atom is -0.359 e. The minimum absolute atomic E-state index is 0.320. The van der Waals surface area contributed by atoms with Gasteiger partial charge in [-0.1, -0.05) is 29.8 Å². The van der Waals surface area contributed by atoms with Gasteiger partial charge in [0.1, 0.15) is 6.17 Å². The summed E-state index contributed by atoms with van der Waals surface area (Å²) < 4.78 is 2.39. The SMILES string of the molecule is Cc1ccc2c(c1)c1cc(N3C=CN(C)[C@@H]3C)c(C)cc1n2-c1ccccc1. The Balaban J connectivity index is 1.84. The van der Waals surface area contributed by atoms with Crippen LogP contribution in [0.25, 0.3) is 27.5 Å². The summed E-state index contributed by atoms with van der Waals surface area (Å²) in [6.45, 7) is 6.62. The van der Waals surface area contributed by atoms with E-state index in [0.29, 0.717) is 6.17 Å². The van der Waals surface area contributed by atoms with Gasteiger partial charge in [-0.05, 0) is 62.7 Å². The van der Waals surface area contributed by atoms with Crippen molar-refractivity contribution in [3.63, 3.8) is 0 Å². The van der Waals surface area contributed by atoms with Crippen LogP contribution in [0.2, 0.25) is 0 Å². The van der Waals surface area contributed by atoms with Crippen LogP contribution in [0, 0.1) is 13.8 Å². The number of para-hydroxylation sites is 1. The Kier molecular flexibility index (Phi) is 3.73. The van der Waals surface area contributed by atoms with Crippen LogP contribution in [0.5, 0.6) is 0 Å². The van der Waals surface area contributed by atoms with Gasteiger partial charge in [0.25, 0.3) is 0 Å². The number of anilines is 1. The molecule has 0 aliphatic carbocycles. The number of nitrogens with zero attached hydrogens (tertiary/aromatic N) is 3. The van der Waals surface area contributed by atoms with Crippen molar-refractivity contribution in [2.24, 2.45) is 0 Å². The molecule has 5 rings (SSSR count). The standard InChI is InChI=1S/C25H25N3/c1-17-10-11-23-21(14-17)22-16-24(27-13-12-26(4)19(27)3)18(2)15-25(22)28(23)20-8-6-5-7-9-20/h5-16,19H,1-4H3/t19-/m0/s1. The summed E-state index contributed by atoms with van der Waals surface area (Å²) in [5.41, 5.74) is 7.57. The molecule has 0 bridgehead atoms. The Bertz CT molecular complexity index is 1220. The van der Waals surface area contributed by atoms with Crippen molar-refractivity contribution in [1.82, 2.24) is 9.47 Å². The molecule has 28 heavy (non-hydrogen) atoms. The van der Waals surface area contributed by atoms with Crippen molar-refractivity contribution < 1.29 is 0 Å². The van der Waals surface area contributed by atoms with Gasteiger partial charge < -0.3 is 14.4 Å². The maximum atomic E-state index is 2.39. The van der Waals surface area contributed by atoms with E-state index in [4.69, 9.17) is 0 Å². The molecule has 0 unspecified atom stereocenters. The number of hydrogen-bond donors (Lipinski definition) is 0. The molecule has 0 amide bonds. The van der Waals surface area contributed by atoms with Crippen LogP contribution in [0.15, 0.2) is 73.1 Å². The van der Waals surface area contributed by atoms with Crippen LogP contribution in [0.3, 0.4) is 0 Å². The molecule has 3 nitrogen and oxygen atoms in total. The summed E-state index contributed by atoms with van der Waals surface area (Å²) in [5.74, 6) is 0. The average molecular weight is 367 g/mol. The first kappa shape index (κ1) is 16.9. The normalized spacial score (nSPS) is 16.6. The van der Waals surface area contributed by atoms with E-state index in [2.05, 4.69) is 115 Å². The predicted octanol–water partition coefficient (Wildman–Crippen LogP) is 5.97. The number of hydrogen-bond acceptors (Lipinski definition) is 2. The third kappa shape index (κ3) is 2.43. The van der Waals surface area contributed by atoms with E-state index in [1.807, 2.05) is 0 Å². The maximum absolute atomic E-state index is 2.39. The zero-order valence-electron chi connectivity index (χ0n) is 16.8. The first-order chi connectivity index (χ1) is 13.5. The van der Waals surface area contributed by atoms with Crippen LogP contribution >= 0.6 is 0 Å². The fourth-order valence-corrected chi connectivity index (χ4v) is 4.31. The molecule has 0 radical (unpaired) electrons. The Hall–Kier alpha value is -3.20. The lowest BCUT2D eigenvalue weighted by molar-refractivity contribution is 0.383. The van der Waals surface area contributed by atoms with E-state index < -0.39 is 0 Å². The summed E-state index contributed by atoms with van der Waals surface area (Å²) in [7, 11) is 2.12. The third-order valence-corrected chi connectivity index (χ3v) is 5.99. The Morgan fingerprint density at radius 2 is 1.54 bits per heavy atom. The van der Waals surface area contributed by atoms with Crippen molar-refractivity contribution in [2.45, 2.75) is 26.9 Å². The van der Waals surface area contributed by atoms with E-state index >= 15 is 0 Å². The monoisotopic (exact) mass is 367 g/mol. The van der Waals surface area contributed by atoms with Crippen LogP contribution in [0.1, 0.15) is 18.1 Å². The van der Waals surface area contributed by atoms with Gasteiger partial charge in [0, 0.05) is 41.6 Å². The van der Waals surface area contributed by atoms with E-state index in [1.54, 1.807) is 0 Å². The number of fused-ring (bicyclic) bond motifs is 3. The summed E-state index contributed by atoms with van der Waals surface area (Å²) in [5, 5.41) is 2.61. The molecule has 1 aliphatic rings. The predicted molar refractivity (Wildman–Crippen MR) is 119 cm³/mol. The van der Waals surface area contributed by atoms with Gasteiger partial charge in [-0.15, -0.1) is 0 Å². The second kappa shape index (κ2) is 6.16. The first-order valence-electron chi connectivity index (χ1n) is 9.84. The van der Waals surface area contributed by atoms with Crippen molar-refractivity contribution in [3.8, 4) is 5.69 Å². The molecule has 140 valence electrons. The molecular formula is C25H25N3. The molecule has 3 heteroatoms. The van der Waals surface area contributed by atoms with Gasteiger partial charge in [0.15, 0.2) is 0 Å². The molecule has 1 atom stereocenters. The van der Waals surface area contributed by atoms with Gasteiger partial charge in [0.2, 0.25) is 0 Å². The molecule has 1 aliphatic heterocycles. The maximum Gasteiger partial charge on any atom is 0.102 e. The highest BCUT2D eigenvalue weighted by Crippen LogP contribution is 2.38. The van der Waals surface area contributed by atoms with Crippen molar-refractivity contribution in [2.75, 3.05) is 11.9 Å². The van der Waals surface area contributed by atoms with Crippen LogP contribution in [-0.2, 0) is 0 Å². The molecule has 2 heterocycles. The van der Waals surface area contributed by atoms with Crippen molar-refractivity contribution >= 4 is 27.5 Å². The van der Waals surface area contributed by atoms with E-state index in [9.17, 15) is 0 Å². The van der Waals surface area contributed by atoms with Gasteiger partial charge in [-0.2, -0.15) is 0 Å². The van der Waals surface area contributed by atoms with Gasteiger partial charge in [0.05, 0.1) is 11.0 Å². The van der Waals surface area contributed by atoms with Gasteiger partial charge >= 0.3 is 0 Å². The van der Waals surface area contributed by atoms with Crippen LogP contribution in [0.4, 0.5) is 5.69 Å². The lowest BCUT2D eigenvalue weighted by atomic mass is 10.1. The molecule has 0 saturated heterocycles. The highest BCUT2D eigenvalue weighted by Gasteiger charge is 2.23. The van der Waals surface area contributed by atoms with Gasteiger partial charge in [-0.25, -0.2) is 0 Å². The number of aromatic nitrogens is 1. The molecule has 0 spiro atoms. The van der Waals surface area contributed by atoms with E-state index in [-0.39, 0.29) is 0 Å². The number of benzene rings is 3.